The molecule has 0 atom stereocenters. The lowest BCUT2D eigenvalue weighted by Gasteiger charge is -2.09. The molecule has 0 radical (unpaired) electrons. The van der Waals surface area contributed by atoms with Gasteiger partial charge >= 0.3 is 0 Å². The Morgan fingerprint density at radius 3 is 2.71 bits per heavy atom. The number of halogens is 2. The summed E-state index contributed by atoms with van der Waals surface area (Å²) < 4.78 is 1.79. The van der Waals surface area contributed by atoms with E-state index in [0.717, 1.165) is 36.2 Å². The minimum absolute atomic E-state index is 0.0722. The molecule has 2 aromatic rings. The van der Waals surface area contributed by atoms with E-state index < -0.39 is 0 Å². The van der Waals surface area contributed by atoms with Crippen molar-refractivity contribution in [2.24, 2.45) is 0 Å². The van der Waals surface area contributed by atoms with Crippen molar-refractivity contribution in [3.8, 4) is 5.69 Å². The number of fused-ring (bicyclic) bond motifs is 1. The summed E-state index contributed by atoms with van der Waals surface area (Å²) >= 11 is 12.2. The van der Waals surface area contributed by atoms with Crippen molar-refractivity contribution in [2.45, 2.75) is 19.3 Å². The van der Waals surface area contributed by atoms with Gasteiger partial charge in [-0.05, 0) is 37.5 Å². The van der Waals surface area contributed by atoms with Gasteiger partial charge in [-0.2, -0.15) is 5.10 Å². The molecule has 110 valence electrons. The number of hydrogen-bond acceptors (Lipinski definition) is 2. The van der Waals surface area contributed by atoms with Crippen LogP contribution >= 0.6 is 23.2 Å². The first-order chi connectivity index (χ1) is 9.99. The van der Waals surface area contributed by atoms with Crippen LogP contribution < -0.4 is 0 Å². The zero-order chi connectivity index (χ0) is 15.1. The van der Waals surface area contributed by atoms with Crippen molar-refractivity contribution in [1.82, 2.24) is 14.7 Å². The normalized spacial score (nSPS) is 13.3. The van der Waals surface area contributed by atoms with Crippen LogP contribution in [0, 0.1) is 0 Å². The zero-order valence-corrected chi connectivity index (χ0v) is 13.4. The molecule has 0 saturated carbocycles. The van der Waals surface area contributed by atoms with E-state index in [-0.39, 0.29) is 5.91 Å². The van der Waals surface area contributed by atoms with Crippen LogP contribution in [-0.2, 0) is 12.8 Å². The third-order valence-corrected chi connectivity index (χ3v) is 4.21. The van der Waals surface area contributed by atoms with Crippen LogP contribution in [0.4, 0.5) is 0 Å². The molecule has 0 spiro atoms. The fourth-order valence-corrected chi connectivity index (χ4v) is 3.16. The van der Waals surface area contributed by atoms with Crippen molar-refractivity contribution >= 4 is 29.1 Å². The molecular formula is C15H15Cl2N3O. The van der Waals surface area contributed by atoms with Crippen molar-refractivity contribution < 1.29 is 4.79 Å². The first-order valence-electron chi connectivity index (χ1n) is 6.77. The fourth-order valence-electron chi connectivity index (χ4n) is 2.67. The standard InChI is InChI=1S/C15H15Cl2N3O/c1-19(2)15(21)14-10-4-3-5-12(10)20(18-14)13-7-6-9(16)8-11(13)17/h6-8H,3-5H2,1-2H3. The van der Waals surface area contributed by atoms with Gasteiger partial charge in [-0.15, -0.1) is 0 Å². The molecule has 1 aliphatic rings. The summed E-state index contributed by atoms with van der Waals surface area (Å²) in [5.74, 6) is -0.0722. The van der Waals surface area contributed by atoms with Gasteiger partial charge in [0, 0.05) is 30.4 Å². The lowest BCUT2D eigenvalue weighted by atomic mass is 10.2. The van der Waals surface area contributed by atoms with Crippen LogP contribution in [0.5, 0.6) is 0 Å². The Kier molecular flexibility index (Phi) is 3.68. The van der Waals surface area contributed by atoms with Crippen LogP contribution in [0.3, 0.4) is 0 Å². The van der Waals surface area contributed by atoms with Gasteiger partial charge in [0.15, 0.2) is 5.69 Å². The van der Waals surface area contributed by atoms with Crippen LogP contribution in [0.1, 0.15) is 28.2 Å². The lowest BCUT2D eigenvalue weighted by molar-refractivity contribution is 0.0820. The molecule has 1 amide bonds. The van der Waals surface area contributed by atoms with Crippen LogP contribution in [0.25, 0.3) is 5.69 Å². The minimum Gasteiger partial charge on any atom is -0.343 e. The predicted octanol–water partition coefficient (Wildman–Crippen LogP) is 3.37. The Hall–Kier alpha value is -1.52. The third kappa shape index (κ3) is 2.43. The molecule has 1 aromatic heterocycles. The summed E-state index contributed by atoms with van der Waals surface area (Å²) in [7, 11) is 3.47. The molecule has 0 aliphatic heterocycles. The van der Waals surface area contributed by atoms with Gasteiger partial charge in [0.1, 0.15) is 0 Å². The smallest absolute Gasteiger partial charge is 0.274 e. The van der Waals surface area contributed by atoms with Gasteiger partial charge in [0.25, 0.3) is 5.91 Å². The van der Waals surface area contributed by atoms with E-state index >= 15 is 0 Å². The van der Waals surface area contributed by atoms with E-state index in [1.165, 1.54) is 0 Å². The van der Waals surface area contributed by atoms with E-state index in [4.69, 9.17) is 23.2 Å². The second-order valence-corrected chi connectivity index (χ2v) is 6.18. The maximum atomic E-state index is 12.3. The Morgan fingerprint density at radius 2 is 2.05 bits per heavy atom. The molecule has 6 heteroatoms. The molecule has 0 bridgehead atoms. The monoisotopic (exact) mass is 323 g/mol. The Bertz CT molecular complexity index is 722. The average molecular weight is 324 g/mol. The molecule has 3 rings (SSSR count). The molecule has 1 aromatic carbocycles. The number of aromatic nitrogens is 2. The maximum Gasteiger partial charge on any atom is 0.274 e. The minimum atomic E-state index is -0.0722. The molecule has 0 fully saturated rings. The van der Waals surface area contributed by atoms with Crippen LogP contribution in [-0.4, -0.2) is 34.7 Å². The third-order valence-electron chi connectivity index (χ3n) is 3.68. The summed E-state index contributed by atoms with van der Waals surface area (Å²) in [5.41, 5.74) is 3.40. The first-order valence-corrected chi connectivity index (χ1v) is 7.52. The molecule has 4 nitrogen and oxygen atoms in total. The van der Waals surface area contributed by atoms with Gasteiger partial charge in [0.2, 0.25) is 0 Å². The Morgan fingerprint density at radius 1 is 1.29 bits per heavy atom. The maximum absolute atomic E-state index is 12.3. The highest BCUT2D eigenvalue weighted by Gasteiger charge is 2.28. The van der Waals surface area contributed by atoms with Gasteiger partial charge in [-0.1, -0.05) is 23.2 Å². The van der Waals surface area contributed by atoms with E-state index in [0.29, 0.717) is 15.7 Å². The Balaban J connectivity index is 2.16. The summed E-state index contributed by atoms with van der Waals surface area (Å²) in [6, 6.07) is 5.30. The number of carbonyl (C=O) groups excluding carboxylic acids is 1. The zero-order valence-electron chi connectivity index (χ0n) is 11.9. The van der Waals surface area contributed by atoms with E-state index in [2.05, 4.69) is 5.10 Å². The molecule has 1 heterocycles. The number of hydrogen-bond donors (Lipinski definition) is 0. The molecule has 0 saturated heterocycles. The SMILES string of the molecule is CN(C)C(=O)c1nn(-c2ccc(Cl)cc2Cl)c2c1CCC2. The van der Waals surface area contributed by atoms with E-state index in [1.54, 1.807) is 35.8 Å². The van der Waals surface area contributed by atoms with Gasteiger partial charge < -0.3 is 4.90 Å². The van der Waals surface area contributed by atoms with E-state index in [9.17, 15) is 4.79 Å². The van der Waals surface area contributed by atoms with E-state index in [1.807, 2.05) is 6.07 Å². The quantitative estimate of drug-likeness (QED) is 0.849. The first kappa shape index (κ1) is 14.4. The fraction of sp³-hybridized carbons (Fsp3) is 0.333. The number of benzene rings is 1. The topological polar surface area (TPSA) is 38.1 Å². The van der Waals surface area contributed by atoms with Crippen LogP contribution in [0.15, 0.2) is 18.2 Å². The molecule has 0 N–H and O–H groups in total. The summed E-state index contributed by atoms with van der Waals surface area (Å²) in [6.45, 7) is 0. The van der Waals surface area contributed by atoms with Crippen molar-refractivity contribution in [3.05, 3.63) is 45.2 Å². The number of rotatable bonds is 2. The second-order valence-electron chi connectivity index (χ2n) is 5.33. The van der Waals surface area contributed by atoms with Gasteiger partial charge in [-0.25, -0.2) is 4.68 Å². The largest absolute Gasteiger partial charge is 0.343 e. The van der Waals surface area contributed by atoms with Gasteiger partial charge in [-0.3, -0.25) is 4.79 Å². The number of nitrogens with zero attached hydrogens (tertiary/aromatic N) is 3. The van der Waals surface area contributed by atoms with Crippen molar-refractivity contribution in [3.63, 3.8) is 0 Å². The van der Waals surface area contributed by atoms with Crippen LogP contribution in [0.2, 0.25) is 10.0 Å². The Labute approximate surface area is 133 Å². The van der Waals surface area contributed by atoms with Crippen molar-refractivity contribution in [1.29, 1.82) is 0 Å². The number of amides is 1. The molecule has 0 unspecified atom stereocenters. The molecular weight excluding hydrogens is 309 g/mol. The number of carbonyl (C=O) groups is 1. The predicted molar refractivity (Wildman–Crippen MR) is 83.6 cm³/mol. The lowest BCUT2D eigenvalue weighted by Crippen LogP contribution is -2.23. The second kappa shape index (κ2) is 5.35. The summed E-state index contributed by atoms with van der Waals surface area (Å²) in [5, 5.41) is 5.62. The highest BCUT2D eigenvalue weighted by molar-refractivity contribution is 6.35. The molecule has 21 heavy (non-hydrogen) atoms. The summed E-state index contributed by atoms with van der Waals surface area (Å²) in [6.07, 6.45) is 2.82. The highest BCUT2D eigenvalue weighted by atomic mass is 35.5. The average Bonchev–Trinajstić information content (AvgIpc) is 3.00. The highest BCUT2D eigenvalue weighted by Crippen LogP contribution is 2.31. The van der Waals surface area contributed by atoms with Gasteiger partial charge in [0.05, 0.1) is 10.7 Å². The summed E-state index contributed by atoms with van der Waals surface area (Å²) in [4.78, 5) is 13.8. The molecule has 1 aliphatic carbocycles. The van der Waals surface area contributed by atoms with Crippen molar-refractivity contribution in [2.75, 3.05) is 14.1 Å².